The van der Waals surface area contributed by atoms with Crippen LogP contribution in [0.3, 0.4) is 0 Å². The van der Waals surface area contributed by atoms with Gasteiger partial charge >= 0.3 is 6.18 Å². The molecular formula is C26H38ClF3N2O5S. The van der Waals surface area contributed by atoms with E-state index in [1.165, 1.54) is 12.1 Å². The number of aliphatic hydroxyl groups excluding tert-OH is 1. The summed E-state index contributed by atoms with van der Waals surface area (Å²) in [5.41, 5.74) is -0.604. The summed E-state index contributed by atoms with van der Waals surface area (Å²) in [4.78, 5) is 1.90. The summed E-state index contributed by atoms with van der Waals surface area (Å²) in [6, 6.07) is 1.54. The Morgan fingerprint density at radius 1 is 1.32 bits per heavy atom. The Labute approximate surface area is 230 Å². The van der Waals surface area contributed by atoms with Crippen molar-refractivity contribution in [3.8, 4) is 5.75 Å². The van der Waals surface area contributed by atoms with E-state index < -0.39 is 56.7 Å². The number of nitrogens with one attached hydrogen (secondary N) is 1. The molecule has 2 N–H and O–H groups in total. The van der Waals surface area contributed by atoms with E-state index in [0.29, 0.717) is 31.5 Å². The molecule has 2 unspecified atom stereocenters. The van der Waals surface area contributed by atoms with Crippen LogP contribution >= 0.6 is 11.6 Å². The van der Waals surface area contributed by atoms with Gasteiger partial charge < -0.3 is 19.3 Å². The van der Waals surface area contributed by atoms with E-state index in [2.05, 4.69) is 11.3 Å². The number of hydrogen-bond donors (Lipinski definition) is 2. The number of hydrogen-bond acceptors (Lipinski definition) is 6. The number of halogens is 4. The lowest BCUT2D eigenvalue weighted by Crippen LogP contribution is -2.50. The predicted octanol–water partition coefficient (Wildman–Crippen LogP) is 5.20. The first kappa shape index (κ1) is 31.3. The van der Waals surface area contributed by atoms with Gasteiger partial charge in [0, 0.05) is 18.7 Å². The second-order valence-electron chi connectivity index (χ2n) is 11.1. The Kier molecular flexibility index (Phi) is 9.99. The fourth-order valence-electron chi connectivity index (χ4n) is 4.62. The van der Waals surface area contributed by atoms with Gasteiger partial charge in [0.1, 0.15) is 24.7 Å². The van der Waals surface area contributed by atoms with Crippen LogP contribution in [-0.4, -0.2) is 63.4 Å². The van der Waals surface area contributed by atoms with Gasteiger partial charge in [-0.15, -0.1) is 0 Å². The van der Waals surface area contributed by atoms with Crippen molar-refractivity contribution in [1.29, 1.82) is 0 Å². The molecule has 4 atom stereocenters. The molecule has 2 aliphatic heterocycles. The normalized spacial score (nSPS) is 23.7. The third-order valence-corrected chi connectivity index (χ3v) is 8.56. The molecule has 0 bridgehead atoms. The van der Waals surface area contributed by atoms with Gasteiger partial charge in [-0.25, -0.2) is 8.93 Å². The number of ether oxygens (including phenoxy) is 3. The van der Waals surface area contributed by atoms with Gasteiger partial charge in [-0.05, 0) is 65.5 Å². The number of piperidine rings is 1. The second-order valence-corrected chi connectivity index (χ2v) is 13.5. The van der Waals surface area contributed by atoms with Crippen molar-refractivity contribution >= 4 is 22.6 Å². The monoisotopic (exact) mass is 582 g/mol. The highest BCUT2D eigenvalue weighted by Gasteiger charge is 2.42. The molecule has 1 aromatic rings. The van der Waals surface area contributed by atoms with Crippen molar-refractivity contribution in [3.63, 3.8) is 0 Å². The zero-order valence-corrected chi connectivity index (χ0v) is 24.0. The van der Waals surface area contributed by atoms with Gasteiger partial charge in [-0.2, -0.15) is 13.2 Å². The number of aliphatic hydroxyl groups is 1. The molecule has 2 fully saturated rings. The maximum atomic E-state index is 13.6. The molecule has 0 saturated carbocycles. The van der Waals surface area contributed by atoms with E-state index in [4.69, 9.17) is 25.8 Å². The summed E-state index contributed by atoms with van der Waals surface area (Å²) in [5.74, 6) is -0.883. The summed E-state index contributed by atoms with van der Waals surface area (Å²) >= 11 is 6.12. The quantitative estimate of drug-likeness (QED) is 0.390. The Bertz CT molecular complexity index is 1010. The zero-order chi connectivity index (χ0) is 28.5. The summed E-state index contributed by atoms with van der Waals surface area (Å²) in [6.45, 7) is 13.9. The lowest BCUT2D eigenvalue weighted by molar-refractivity contribution is -0.170. The molecule has 1 aromatic carbocycles. The maximum absolute atomic E-state index is 13.6. The number of benzene rings is 1. The van der Waals surface area contributed by atoms with Crippen LogP contribution in [0.5, 0.6) is 5.75 Å². The summed E-state index contributed by atoms with van der Waals surface area (Å²) in [5, 5.41) is 10.4. The first-order valence-corrected chi connectivity index (χ1v) is 14.1. The molecule has 0 aromatic heterocycles. The lowest BCUT2D eigenvalue weighted by atomic mass is 9.85. The SMILES string of the molecule is C=CCOc1cc(C(F)(F)F)c(Cl)cc1[C@H](NS(=O)C(C)(C)C)C1CCN(C(O)[C@H]2COC(C)(C)O2)CC1. The second kappa shape index (κ2) is 12.1. The summed E-state index contributed by atoms with van der Waals surface area (Å²) in [6.07, 6.45) is -3.42. The highest BCUT2D eigenvalue weighted by Crippen LogP contribution is 2.43. The minimum absolute atomic E-state index is 0.00577. The Morgan fingerprint density at radius 3 is 2.45 bits per heavy atom. The van der Waals surface area contributed by atoms with Crippen molar-refractivity contribution in [1.82, 2.24) is 9.62 Å². The molecular weight excluding hydrogens is 545 g/mol. The molecule has 38 heavy (non-hydrogen) atoms. The van der Waals surface area contributed by atoms with E-state index in [1.807, 2.05) is 25.7 Å². The van der Waals surface area contributed by atoms with Crippen LogP contribution in [0, 0.1) is 5.92 Å². The highest BCUT2D eigenvalue weighted by atomic mass is 35.5. The number of nitrogens with zero attached hydrogens (tertiary/aromatic N) is 1. The fraction of sp³-hybridized carbons (Fsp3) is 0.692. The minimum Gasteiger partial charge on any atom is -0.489 e. The molecule has 3 rings (SSSR count). The van der Waals surface area contributed by atoms with Crippen LogP contribution in [0.4, 0.5) is 13.2 Å². The van der Waals surface area contributed by atoms with Crippen LogP contribution in [-0.2, 0) is 26.6 Å². The molecule has 216 valence electrons. The molecule has 0 spiro atoms. The Morgan fingerprint density at radius 2 is 1.95 bits per heavy atom. The zero-order valence-electron chi connectivity index (χ0n) is 22.4. The van der Waals surface area contributed by atoms with Crippen LogP contribution in [0.15, 0.2) is 24.8 Å². The number of rotatable bonds is 9. The molecule has 2 saturated heterocycles. The molecule has 0 aliphatic carbocycles. The first-order valence-electron chi connectivity index (χ1n) is 12.6. The predicted molar refractivity (Wildman–Crippen MR) is 141 cm³/mol. The van der Waals surface area contributed by atoms with Crippen molar-refractivity contribution in [2.45, 2.75) is 82.5 Å². The van der Waals surface area contributed by atoms with Gasteiger partial charge in [0.2, 0.25) is 0 Å². The molecule has 7 nitrogen and oxygen atoms in total. The van der Waals surface area contributed by atoms with Crippen LogP contribution in [0.25, 0.3) is 0 Å². The Balaban J connectivity index is 1.90. The van der Waals surface area contributed by atoms with Crippen LogP contribution in [0.2, 0.25) is 5.02 Å². The van der Waals surface area contributed by atoms with E-state index >= 15 is 0 Å². The van der Waals surface area contributed by atoms with Crippen molar-refractivity contribution in [3.05, 3.63) is 40.9 Å². The molecule has 2 aliphatic rings. The van der Waals surface area contributed by atoms with Crippen molar-refractivity contribution in [2.24, 2.45) is 5.92 Å². The van der Waals surface area contributed by atoms with E-state index in [0.717, 1.165) is 6.07 Å². The molecule has 12 heteroatoms. The topological polar surface area (TPSA) is 80.3 Å². The third kappa shape index (κ3) is 7.71. The average Bonchev–Trinajstić information content (AvgIpc) is 3.19. The maximum Gasteiger partial charge on any atom is 0.417 e. The average molecular weight is 583 g/mol. The Hall–Kier alpha value is -1.21. The van der Waals surface area contributed by atoms with Crippen LogP contribution in [0.1, 0.15) is 64.6 Å². The van der Waals surface area contributed by atoms with Crippen molar-refractivity contribution in [2.75, 3.05) is 26.3 Å². The van der Waals surface area contributed by atoms with Crippen LogP contribution < -0.4 is 9.46 Å². The number of likely N-dealkylation sites (tertiary alicyclic amines) is 1. The third-order valence-electron chi connectivity index (χ3n) is 6.67. The van der Waals surface area contributed by atoms with Gasteiger partial charge in [0.05, 0.1) is 39.0 Å². The van der Waals surface area contributed by atoms with Crippen molar-refractivity contribution < 1.29 is 36.7 Å². The van der Waals surface area contributed by atoms with E-state index in [-0.39, 0.29) is 24.9 Å². The number of alkyl halides is 3. The molecule has 2 heterocycles. The van der Waals surface area contributed by atoms with Gasteiger partial charge in [0.15, 0.2) is 5.79 Å². The van der Waals surface area contributed by atoms with Gasteiger partial charge in [-0.1, -0.05) is 24.3 Å². The minimum atomic E-state index is -4.67. The van der Waals surface area contributed by atoms with Gasteiger partial charge in [-0.3, -0.25) is 4.90 Å². The fourth-order valence-corrected chi connectivity index (χ4v) is 5.81. The highest BCUT2D eigenvalue weighted by molar-refractivity contribution is 7.84. The molecule has 0 radical (unpaired) electrons. The van der Waals surface area contributed by atoms with Gasteiger partial charge in [0.25, 0.3) is 0 Å². The van der Waals surface area contributed by atoms with E-state index in [9.17, 15) is 22.5 Å². The molecule has 0 amide bonds. The summed E-state index contributed by atoms with van der Waals surface area (Å²) in [7, 11) is -1.53. The largest absolute Gasteiger partial charge is 0.489 e. The summed E-state index contributed by atoms with van der Waals surface area (Å²) < 4.78 is 73.6. The standard InChI is InChI=1S/C26H38ClF3N2O5S/c1-7-12-35-20-14-18(26(28,29)30)19(27)13-17(20)22(31-38(34)24(2,3)4)16-8-10-32(11-9-16)23(33)21-15-36-25(5,6)37-21/h7,13-14,16,21-23,31,33H,1,8-12,15H2,2-6H3/t21-,22-,23?,38?/m1/s1. The lowest BCUT2D eigenvalue weighted by Gasteiger charge is -2.40. The first-order chi connectivity index (χ1) is 17.5. The smallest absolute Gasteiger partial charge is 0.417 e. The van der Waals surface area contributed by atoms with E-state index in [1.54, 1.807) is 13.8 Å².